The van der Waals surface area contributed by atoms with Crippen LogP contribution in [0.4, 0.5) is 17.1 Å². The Balaban J connectivity index is 1.32. The van der Waals surface area contributed by atoms with Gasteiger partial charge in [0.15, 0.2) is 0 Å². The number of hydrogen-bond donors (Lipinski definition) is 0. The molecular weight excluding hydrogens is 599 g/mol. The number of nitrogens with zero attached hydrogens (tertiary/aromatic N) is 1. The molecule has 0 fully saturated rings. The van der Waals surface area contributed by atoms with Crippen molar-refractivity contribution in [1.29, 1.82) is 0 Å². The van der Waals surface area contributed by atoms with Crippen LogP contribution in [0.1, 0.15) is 11.0 Å². The summed E-state index contributed by atoms with van der Waals surface area (Å²) < 4.78 is 88.4. The van der Waals surface area contributed by atoms with Crippen LogP contribution in [0.25, 0.3) is 76.9 Å². The van der Waals surface area contributed by atoms with Gasteiger partial charge in [-0.2, -0.15) is 0 Å². The Labute approximate surface area is 294 Å². The Morgan fingerprint density at radius 2 is 1.04 bits per heavy atom. The van der Waals surface area contributed by atoms with Crippen LogP contribution in [0.2, 0.25) is 0 Å². The first-order chi connectivity index (χ1) is 27.7. The van der Waals surface area contributed by atoms with E-state index in [2.05, 4.69) is 0 Å². The highest BCUT2D eigenvalue weighted by molar-refractivity contribution is 6.19. The van der Waals surface area contributed by atoms with E-state index in [4.69, 9.17) is 8.83 Å². The molecule has 49 heavy (non-hydrogen) atoms. The zero-order chi connectivity index (χ0) is 39.3. The average molecular weight is 636 g/mol. The number of benzene rings is 8. The zero-order valence-corrected chi connectivity index (χ0v) is 25.9. The number of anilines is 3. The second-order valence-corrected chi connectivity index (χ2v) is 11.8. The van der Waals surface area contributed by atoms with E-state index in [0.717, 1.165) is 16.2 Å². The van der Waals surface area contributed by atoms with Crippen molar-refractivity contribution in [2.75, 3.05) is 4.90 Å². The molecule has 0 aliphatic carbocycles. The van der Waals surface area contributed by atoms with E-state index in [0.29, 0.717) is 55.3 Å². The number of rotatable bonds is 5. The molecule has 230 valence electrons. The lowest BCUT2D eigenvalue weighted by Crippen LogP contribution is -2.10. The molecule has 0 saturated heterocycles. The molecule has 3 heteroatoms. The van der Waals surface area contributed by atoms with Crippen molar-refractivity contribution < 1.29 is 19.8 Å². The summed E-state index contributed by atoms with van der Waals surface area (Å²) in [6, 6.07) is 35.3. The van der Waals surface area contributed by atoms with Crippen LogP contribution >= 0.6 is 0 Å². The maximum Gasteiger partial charge on any atom is 0.143 e. The molecule has 0 aliphatic rings. The van der Waals surface area contributed by atoms with Crippen LogP contribution in [-0.2, 0) is 0 Å². The van der Waals surface area contributed by atoms with E-state index >= 15 is 0 Å². The molecule has 0 radical (unpaired) electrons. The quantitative estimate of drug-likeness (QED) is 0.188. The predicted octanol–water partition coefficient (Wildman–Crippen LogP) is 13.4. The van der Waals surface area contributed by atoms with Crippen molar-refractivity contribution in [3.63, 3.8) is 0 Å². The molecule has 0 aliphatic heterocycles. The highest BCUT2D eigenvalue weighted by Crippen LogP contribution is 2.45. The minimum absolute atomic E-state index is 0.0586. The summed E-state index contributed by atoms with van der Waals surface area (Å²) in [5.41, 5.74) is 3.12. The third-order valence-corrected chi connectivity index (χ3v) is 9.01. The molecular formula is C46H29NO2. The lowest BCUT2D eigenvalue weighted by atomic mass is 9.98. The van der Waals surface area contributed by atoms with Crippen LogP contribution in [0, 0.1) is 0 Å². The molecule has 0 atom stereocenters. The van der Waals surface area contributed by atoms with E-state index in [-0.39, 0.29) is 46.7 Å². The normalized spacial score (nSPS) is 14.0. The monoisotopic (exact) mass is 635 g/mol. The molecule has 0 unspecified atom stereocenters. The van der Waals surface area contributed by atoms with Crippen LogP contribution < -0.4 is 4.90 Å². The summed E-state index contributed by atoms with van der Waals surface area (Å²) in [5.74, 6) is 0. The lowest BCUT2D eigenvalue weighted by molar-refractivity contribution is 0.669. The van der Waals surface area contributed by atoms with Crippen molar-refractivity contribution >= 4 is 71.7 Å². The summed E-state index contributed by atoms with van der Waals surface area (Å²) in [7, 11) is 0. The minimum Gasteiger partial charge on any atom is -0.456 e. The van der Waals surface area contributed by atoms with Crippen LogP contribution in [0.15, 0.2) is 185 Å². The predicted molar refractivity (Wildman–Crippen MR) is 204 cm³/mol. The molecule has 2 heterocycles. The van der Waals surface area contributed by atoms with Crippen LogP contribution in [-0.4, -0.2) is 0 Å². The Morgan fingerprint density at radius 3 is 1.84 bits per heavy atom. The molecule has 0 spiro atoms. The van der Waals surface area contributed by atoms with E-state index in [9.17, 15) is 11.0 Å². The van der Waals surface area contributed by atoms with Crippen molar-refractivity contribution in [3.8, 4) is 22.3 Å². The Morgan fingerprint density at radius 1 is 0.408 bits per heavy atom. The van der Waals surface area contributed by atoms with E-state index in [1.807, 2.05) is 60.7 Å². The molecule has 8 aromatic carbocycles. The Bertz CT molecular complexity index is 3240. The van der Waals surface area contributed by atoms with Gasteiger partial charge >= 0.3 is 0 Å². The Kier molecular flexibility index (Phi) is 4.63. The Hall–Kier alpha value is -6.58. The summed E-state index contributed by atoms with van der Waals surface area (Å²) in [4.78, 5) is 1.35. The summed E-state index contributed by atoms with van der Waals surface area (Å²) in [6.07, 6.45) is 0. The van der Waals surface area contributed by atoms with Crippen molar-refractivity contribution in [1.82, 2.24) is 0 Å². The molecule has 10 rings (SSSR count). The number of para-hydroxylation sites is 1. The third kappa shape index (κ3) is 4.44. The van der Waals surface area contributed by atoms with Gasteiger partial charge in [-0.3, -0.25) is 0 Å². The highest BCUT2D eigenvalue weighted by atomic mass is 16.3. The lowest BCUT2D eigenvalue weighted by Gasteiger charge is -2.26. The van der Waals surface area contributed by atoms with Gasteiger partial charge in [0.05, 0.1) is 22.0 Å². The second kappa shape index (κ2) is 11.0. The van der Waals surface area contributed by atoms with Gasteiger partial charge in [0.1, 0.15) is 22.3 Å². The molecule has 10 aromatic rings. The molecule has 3 nitrogen and oxygen atoms in total. The fourth-order valence-corrected chi connectivity index (χ4v) is 6.78. The molecule has 0 saturated carbocycles. The summed E-state index contributed by atoms with van der Waals surface area (Å²) >= 11 is 0. The second-order valence-electron chi connectivity index (χ2n) is 11.8. The first-order valence-electron chi connectivity index (χ1n) is 20.0. The molecule has 2 aromatic heterocycles. The third-order valence-electron chi connectivity index (χ3n) is 9.01. The van der Waals surface area contributed by atoms with Gasteiger partial charge in [-0.05, 0) is 82.1 Å². The zero-order valence-electron chi connectivity index (χ0n) is 33.9. The van der Waals surface area contributed by atoms with Gasteiger partial charge in [0.2, 0.25) is 0 Å². The van der Waals surface area contributed by atoms with Gasteiger partial charge in [-0.25, -0.2) is 0 Å². The SMILES string of the molecule is [2H]c1c([2H])c(N(c2c([2H])c([2H])c(-c3cccc4oc5ccccc5c34)c([2H])c2[2H])c2cccc3oc4c5ccccc5ccc4c23)c([2H])c([2H])c1-c1ccccc1. The van der Waals surface area contributed by atoms with E-state index < -0.39 is 24.2 Å². The maximum atomic E-state index is 9.66. The largest absolute Gasteiger partial charge is 0.456 e. The van der Waals surface area contributed by atoms with Crippen LogP contribution in [0.5, 0.6) is 0 Å². The smallest absolute Gasteiger partial charge is 0.143 e. The summed E-state index contributed by atoms with van der Waals surface area (Å²) in [5, 5.41) is 4.45. The first-order valence-corrected chi connectivity index (χ1v) is 16.0. The van der Waals surface area contributed by atoms with Gasteiger partial charge in [-0.15, -0.1) is 0 Å². The molecule has 0 amide bonds. The number of furan rings is 2. The van der Waals surface area contributed by atoms with Gasteiger partial charge < -0.3 is 13.7 Å². The topological polar surface area (TPSA) is 29.5 Å². The van der Waals surface area contributed by atoms with Gasteiger partial charge in [-0.1, -0.05) is 121 Å². The van der Waals surface area contributed by atoms with Crippen molar-refractivity contribution in [3.05, 3.63) is 176 Å². The first kappa shape index (κ1) is 20.6. The number of hydrogen-bond acceptors (Lipinski definition) is 3. The maximum absolute atomic E-state index is 9.66. The summed E-state index contributed by atoms with van der Waals surface area (Å²) in [6.45, 7) is 0. The van der Waals surface area contributed by atoms with Crippen molar-refractivity contribution in [2.24, 2.45) is 0 Å². The van der Waals surface area contributed by atoms with Gasteiger partial charge in [0, 0.05) is 32.9 Å². The fourth-order valence-electron chi connectivity index (χ4n) is 6.78. The van der Waals surface area contributed by atoms with Crippen LogP contribution in [0.3, 0.4) is 0 Å². The average Bonchev–Trinajstić information content (AvgIpc) is 3.82. The highest BCUT2D eigenvalue weighted by Gasteiger charge is 2.21. The standard InChI is InChI=1S/C46H29NO2/c1-2-10-30(11-3-1)31-20-25-34(26-21-31)47(40-16-9-19-43-45(40)39-29-24-32-12-4-5-13-37(32)46(39)49-43)35-27-22-33(23-28-35)36-15-8-18-42-44(36)38-14-6-7-17-41(38)48-42/h1-29H/i20D,21D,22D,23D,25D,26D,27D,28D. The minimum atomic E-state index is -0.435. The van der Waals surface area contributed by atoms with E-state index in [1.165, 1.54) is 4.90 Å². The van der Waals surface area contributed by atoms with Gasteiger partial charge in [0.25, 0.3) is 0 Å². The molecule has 0 N–H and O–H groups in total. The van der Waals surface area contributed by atoms with Crippen molar-refractivity contribution in [2.45, 2.75) is 0 Å². The van der Waals surface area contributed by atoms with E-state index in [1.54, 1.807) is 66.7 Å². The fraction of sp³-hybridized carbons (Fsp3) is 0. The number of fused-ring (bicyclic) bond motifs is 8. The molecule has 0 bridgehead atoms.